The highest BCUT2D eigenvalue weighted by Crippen LogP contribution is 2.27. The number of carbonyl (C=O) groups is 1. The first kappa shape index (κ1) is 12.0. The molecule has 0 aromatic heterocycles. The lowest BCUT2D eigenvalue weighted by Gasteiger charge is -2.36. The molecule has 98 valence electrons. The van der Waals surface area contributed by atoms with Gasteiger partial charge in [-0.3, -0.25) is 4.79 Å². The van der Waals surface area contributed by atoms with Crippen LogP contribution in [0.1, 0.15) is 6.92 Å². The number of rotatable bonds is 1. The molecule has 3 rings (SSSR count). The molecule has 3 heteroatoms. The summed E-state index contributed by atoms with van der Waals surface area (Å²) in [6.45, 7) is 5.10. The zero-order valence-electron chi connectivity index (χ0n) is 11.2. The topological polar surface area (TPSA) is 23.6 Å². The van der Waals surface area contributed by atoms with Gasteiger partial charge in [0.25, 0.3) is 0 Å². The SMILES string of the molecule is CC(=O)N1CCN(c2cccc3ccccc23)CC1. The average Bonchev–Trinajstić information content (AvgIpc) is 2.47. The Labute approximate surface area is 113 Å². The molecule has 19 heavy (non-hydrogen) atoms. The van der Waals surface area contributed by atoms with Gasteiger partial charge in [0.15, 0.2) is 0 Å². The molecule has 1 saturated heterocycles. The lowest BCUT2D eigenvalue weighted by Crippen LogP contribution is -2.48. The number of nitrogens with zero attached hydrogens (tertiary/aromatic N) is 2. The van der Waals surface area contributed by atoms with Crippen molar-refractivity contribution in [2.75, 3.05) is 31.1 Å². The van der Waals surface area contributed by atoms with Gasteiger partial charge in [0, 0.05) is 44.2 Å². The Bertz CT molecular complexity index is 595. The number of hydrogen-bond acceptors (Lipinski definition) is 2. The standard InChI is InChI=1S/C16H18N2O/c1-13(19)17-9-11-18(12-10-17)16-8-4-6-14-5-2-3-7-15(14)16/h2-8H,9-12H2,1H3. The monoisotopic (exact) mass is 254 g/mol. The van der Waals surface area contributed by atoms with Crippen molar-refractivity contribution < 1.29 is 4.79 Å². The van der Waals surface area contributed by atoms with E-state index in [1.54, 1.807) is 6.92 Å². The maximum absolute atomic E-state index is 11.4. The summed E-state index contributed by atoms with van der Waals surface area (Å²) in [4.78, 5) is 15.7. The third-order valence-electron chi connectivity index (χ3n) is 3.83. The van der Waals surface area contributed by atoms with Crippen molar-refractivity contribution in [3.63, 3.8) is 0 Å². The normalized spacial score (nSPS) is 15.8. The molecule has 1 aliphatic rings. The van der Waals surface area contributed by atoms with Gasteiger partial charge in [0.2, 0.25) is 5.91 Å². The van der Waals surface area contributed by atoms with Gasteiger partial charge in [-0.1, -0.05) is 36.4 Å². The predicted octanol–water partition coefficient (Wildman–Crippen LogP) is 2.51. The third kappa shape index (κ3) is 2.28. The molecule has 3 nitrogen and oxygen atoms in total. The Morgan fingerprint density at radius 2 is 1.63 bits per heavy atom. The van der Waals surface area contributed by atoms with Crippen LogP contribution in [0, 0.1) is 0 Å². The van der Waals surface area contributed by atoms with E-state index in [0.717, 1.165) is 26.2 Å². The van der Waals surface area contributed by atoms with Crippen LogP contribution >= 0.6 is 0 Å². The molecular formula is C16H18N2O. The smallest absolute Gasteiger partial charge is 0.219 e. The largest absolute Gasteiger partial charge is 0.367 e. The second kappa shape index (κ2) is 4.92. The summed E-state index contributed by atoms with van der Waals surface area (Å²) in [5.74, 6) is 0.178. The fraction of sp³-hybridized carbons (Fsp3) is 0.312. The summed E-state index contributed by atoms with van der Waals surface area (Å²) in [5.41, 5.74) is 1.28. The summed E-state index contributed by atoms with van der Waals surface area (Å²) in [7, 11) is 0. The Kier molecular flexibility index (Phi) is 3.11. The molecule has 0 bridgehead atoms. The van der Waals surface area contributed by atoms with Crippen molar-refractivity contribution in [1.82, 2.24) is 4.90 Å². The van der Waals surface area contributed by atoms with Crippen LogP contribution in [0.3, 0.4) is 0 Å². The van der Waals surface area contributed by atoms with Gasteiger partial charge in [-0.15, -0.1) is 0 Å². The molecule has 0 spiro atoms. The maximum atomic E-state index is 11.4. The van der Waals surface area contributed by atoms with E-state index in [0.29, 0.717) is 0 Å². The Morgan fingerprint density at radius 1 is 0.947 bits per heavy atom. The highest BCUT2D eigenvalue weighted by Gasteiger charge is 2.19. The number of fused-ring (bicyclic) bond motifs is 1. The van der Waals surface area contributed by atoms with Crippen molar-refractivity contribution in [2.45, 2.75) is 6.92 Å². The first-order chi connectivity index (χ1) is 9.25. The molecule has 1 fully saturated rings. The zero-order valence-corrected chi connectivity index (χ0v) is 11.2. The third-order valence-corrected chi connectivity index (χ3v) is 3.83. The summed E-state index contributed by atoms with van der Waals surface area (Å²) in [5, 5.41) is 2.57. The maximum Gasteiger partial charge on any atom is 0.219 e. The van der Waals surface area contributed by atoms with Crippen LogP contribution < -0.4 is 4.90 Å². The van der Waals surface area contributed by atoms with E-state index in [4.69, 9.17) is 0 Å². The minimum Gasteiger partial charge on any atom is -0.367 e. The van der Waals surface area contributed by atoms with E-state index >= 15 is 0 Å². The van der Waals surface area contributed by atoms with Crippen molar-refractivity contribution in [3.8, 4) is 0 Å². The molecule has 0 atom stereocenters. The molecule has 1 amide bonds. The van der Waals surface area contributed by atoms with E-state index in [1.165, 1.54) is 16.5 Å². The molecule has 1 heterocycles. The molecule has 0 aliphatic carbocycles. The lowest BCUT2D eigenvalue weighted by atomic mass is 10.1. The number of anilines is 1. The van der Waals surface area contributed by atoms with E-state index < -0.39 is 0 Å². The van der Waals surface area contributed by atoms with Crippen LogP contribution in [0.15, 0.2) is 42.5 Å². The molecular weight excluding hydrogens is 236 g/mol. The van der Waals surface area contributed by atoms with Crippen molar-refractivity contribution >= 4 is 22.4 Å². The highest BCUT2D eigenvalue weighted by atomic mass is 16.2. The minimum absolute atomic E-state index is 0.178. The van der Waals surface area contributed by atoms with Gasteiger partial charge >= 0.3 is 0 Å². The average molecular weight is 254 g/mol. The fourth-order valence-corrected chi connectivity index (χ4v) is 2.75. The van der Waals surface area contributed by atoms with Crippen molar-refractivity contribution in [3.05, 3.63) is 42.5 Å². The fourth-order valence-electron chi connectivity index (χ4n) is 2.75. The molecule has 0 unspecified atom stereocenters. The summed E-state index contributed by atoms with van der Waals surface area (Å²) >= 11 is 0. The number of benzene rings is 2. The van der Waals surface area contributed by atoms with Gasteiger partial charge in [-0.2, -0.15) is 0 Å². The van der Waals surface area contributed by atoms with Gasteiger partial charge in [0.1, 0.15) is 0 Å². The van der Waals surface area contributed by atoms with Crippen LogP contribution in [0.4, 0.5) is 5.69 Å². The minimum atomic E-state index is 0.178. The highest BCUT2D eigenvalue weighted by molar-refractivity contribution is 5.94. The quantitative estimate of drug-likeness (QED) is 0.780. The summed E-state index contributed by atoms with van der Waals surface area (Å²) in [6, 6.07) is 14.9. The number of amides is 1. The molecule has 0 radical (unpaired) electrons. The summed E-state index contributed by atoms with van der Waals surface area (Å²) in [6.07, 6.45) is 0. The zero-order chi connectivity index (χ0) is 13.2. The van der Waals surface area contributed by atoms with Crippen LogP contribution in [0.2, 0.25) is 0 Å². The molecule has 0 N–H and O–H groups in total. The molecule has 2 aromatic carbocycles. The molecule has 1 aliphatic heterocycles. The second-order valence-electron chi connectivity index (χ2n) is 4.99. The Balaban J connectivity index is 1.88. The van der Waals surface area contributed by atoms with Crippen LogP contribution in [-0.2, 0) is 4.79 Å². The number of carbonyl (C=O) groups excluding carboxylic acids is 1. The predicted molar refractivity (Wildman–Crippen MR) is 78.4 cm³/mol. The van der Waals surface area contributed by atoms with Crippen LogP contribution in [-0.4, -0.2) is 37.0 Å². The van der Waals surface area contributed by atoms with Gasteiger partial charge < -0.3 is 9.80 Å². The van der Waals surface area contributed by atoms with Gasteiger partial charge in [0.05, 0.1) is 0 Å². The van der Waals surface area contributed by atoms with E-state index in [-0.39, 0.29) is 5.91 Å². The molecule has 0 saturated carbocycles. The first-order valence-electron chi connectivity index (χ1n) is 6.74. The van der Waals surface area contributed by atoms with Gasteiger partial charge in [-0.05, 0) is 11.5 Å². The number of piperazine rings is 1. The second-order valence-corrected chi connectivity index (χ2v) is 4.99. The van der Waals surface area contributed by atoms with Crippen LogP contribution in [0.25, 0.3) is 10.8 Å². The number of hydrogen-bond donors (Lipinski definition) is 0. The Hall–Kier alpha value is -2.03. The van der Waals surface area contributed by atoms with Crippen molar-refractivity contribution in [2.24, 2.45) is 0 Å². The van der Waals surface area contributed by atoms with Gasteiger partial charge in [-0.25, -0.2) is 0 Å². The Morgan fingerprint density at radius 3 is 2.37 bits per heavy atom. The van der Waals surface area contributed by atoms with Crippen LogP contribution in [0.5, 0.6) is 0 Å². The van der Waals surface area contributed by atoms with E-state index in [1.807, 2.05) is 4.90 Å². The lowest BCUT2D eigenvalue weighted by molar-refractivity contribution is -0.129. The van der Waals surface area contributed by atoms with E-state index in [9.17, 15) is 4.79 Å². The summed E-state index contributed by atoms with van der Waals surface area (Å²) < 4.78 is 0. The molecule has 2 aromatic rings. The van der Waals surface area contributed by atoms with Crippen molar-refractivity contribution in [1.29, 1.82) is 0 Å². The first-order valence-corrected chi connectivity index (χ1v) is 6.74. The van der Waals surface area contributed by atoms with E-state index in [2.05, 4.69) is 47.4 Å².